The highest BCUT2D eigenvalue weighted by atomic mass is 19.1. The first-order chi connectivity index (χ1) is 12.3. The zero-order chi connectivity index (χ0) is 18.5. The van der Waals surface area contributed by atoms with Crippen molar-refractivity contribution in [3.8, 4) is 17.2 Å². The molecule has 0 aromatic heterocycles. The van der Waals surface area contributed by atoms with E-state index in [2.05, 4.69) is 0 Å². The van der Waals surface area contributed by atoms with Gasteiger partial charge in [-0.15, -0.1) is 0 Å². The fourth-order valence-corrected chi connectivity index (χ4v) is 3.07. The molecule has 0 aliphatic carbocycles. The van der Waals surface area contributed by atoms with E-state index < -0.39 is 12.9 Å². The molecule has 2 heterocycles. The third kappa shape index (κ3) is 2.87. The lowest BCUT2D eigenvalue weighted by Gasteiger charge is -2.32. The molecule has 0 bridgehead atoms. The summed E-state index contributed by atoms with van der Waals surface area (Å²) in [4.78, 5) is 0. The molecule has 1 saturated heterocycles. The highest BCUT2D eigenvalue weighted by Crippen LogP contribution is 2.37. The zero-order valence-corrected chi connectivity index (χ0v) is 15.5. The van der Waals surface area contributed by atoms with Gasteiger partial charge in [-0.1, -0.05) is 18.2 Å². The van der Waals surface area contributed by atoms with Crippen LogP contribution in [0.25, 0.3) is 0 Å². The van der Waals surface area contributed by atoms with E-state index in [0.717, 1.165) is 17.4 Å². The summed E-state index contributed by atoms with van der Waals surface area (Å²) in [5, 5.41) is 0. The number of ether oxygens (including phenoxy) is 2. The number of hydrogen-bond acceptors (Lipinski definition) is 4. The fourth-order valence-electron chi connectivity index (χ4n) is 3.07. The maximum atomic E-state index is 14.5. The smallest absolute Gasteiger partial charge is 0.490 e. The SMILES string of the molecule is CC1(C)OB(c2ccc(Oc3ccc4c(c3F)OCC4)cc2)OC1(C)C. The van der Waals surface area contributed by atoms with Gasteiger partial charge in [0.15, 0.2) is 11.5 Å². The first kappa shape index (κ1) is 17.4. The molecule has 0 unspecified atom stereocenters. The Morgan fingerprint density at radius 2 is 1.62 bits per heavy atom. The van der Waals surface area contributed by atoms with Crippen LogP contribution in [0.3, 0.4) is 0 Å². The van der Waals surface area contributed by atoms with E-state index in [0.29, 0.717) is 18.1 Å². The Kier molecular flexibility index (Phi) is 4.01. The molecule has 0 atom stereocenters. The minimum absolute atomic E-state index is 0.161. The fraction of sp³-hybridized carbons (Fsp3) is 0.400. The van der Waals surface area contributed by atoms with Crippen LogP contribution in [0.5, 0.6) is 17.2 Å². The molecule has 4 nitrogen and oxygen atoms in total. The summed E-state index contributed by atoms with van der Waals surface area (Å²) in [7, 11) is -0.431. The Balaban J connectivity index is 1.51. The molecule has 0 N–H and O–H groups in total. The van der Waals surface area contributed by atoms with E-state index in [-0.39, 0.29) is 17.0 Å². The number of fused-ring (bicyclic) bond motifs is 1. The van der Waals surface area contributed by atoms with Crippen LogP contribution in [-0.4, -0.2) is 24.9 Å². The van der Waals surface area contributed by atoms with Crippen molar-refractivity contribution in [2.75, 3.05) is 6.61 Å². The van der Waals surface area contributed by atoms with Crippen molar-refractivity contribution in [1.29, 1.82) is 0 Å². The van der Waals surface area contributed by atoms with E-state index >= 15 is 0 Å². The van der Waals surface area contributed by atoms with Gasteiger partial charge in [0.1, 0.15) is 5.75 Å². The zero-order valence-electron chi connectivity index (χ0n) is 15.5. The van der Waals surface area contributed by atoms with E-state index in [4.69, 9.17) is 18.8 Å². The van der Waals surface area contributed by atoms with Gasteiger partial charge in [0, 0.05) is 12.0 Å². The van der Waals surface area contributed by atoms with Gasteiger partial charge in [0.2, 0.25) is 5.82 Å². The molecule has 26 heavy (non-hydrogen) atoms. The van der Waals surface area contributed by atoms with Crippen molar-refractivity contribution < 1.29 is 23.2 Å². The highest BCUT2D eigenvalue weighted by molar-refractivity contribution is 6.62. The normalized spacial score (nSPS) is 20.0. The second-order valence-electron chi connectivity index (χ2n) is 7.72. The molecule has 2 aliphatic rings. The Bertz CT molecular complexity index is 816. The summed E-state index contributed by atoms with van der Waals surface area (Å²) in [6.45, 7) is 8.58. The molecule has 2 aliphatic heterocycles. The largest absolute Gasteiger partial charge is 0.494 e. The van der Waals surface area contributed by atoms with E-state index in [1.54, 1.807) is 18.2 Å². The summed E-state index contributed by atoms with van der Waals surface area (Å²) in [5.74, 6) is 0.558. The van der Waals surface area contributed by atoms with Gasteiger partial charge in [-0.05, 0) is 51.4 Å². The molecule has 0 radical (unpaired) electrons. The van der Waals surface area contributed by atoms with E-state index in [1.165, 1.54) is 0 Å². The molecule has 2 aromatic rings. The minimum Gasteiger partial charge on any atom is -0.490 e. The van der Waals surface area contributed by atoms with Gasteiger partial charge in [-0.2, -0.15) is 4.39 Å². The van der Waals surface area contributed by atoms with Crippen LogP contribution in [0.1, 0.15) is 33.3 Å². The molecule has 1 fully saturated rings. The van der Waals surface area contributed by atoms with Crippen molar-refractivity contribution in [2.24, 2.45) is 0 Å². The lowest BCUT2D eigenvalue weighted by atomic mass is 9.79. The van der Waals surface area contributed by atoms with Gasteiger partial charge < -0.3 is 18.8 Å². The lowest BCUT2D eigenvalue weighted by Crippen LogP contribution is -2.41. The van der Waals surface area contributed by atoms with Gasteiger partial charge in [-0.3, -0.25) is 0 Å². The molecule has 136 valence electrons. The molecule has 0 saturated carbocycles. The third-order valence-corrected chi connectivity index (χ3v) is 5.39. The van der Waals surface area contributed by atoms with Gasteiger partial charge >= 0.3 is 7.12 Å². The van der Waals surface area contributed by atoms with Gasteiger partial charge in [-0.25, -0.2) is 0 Å². The predicted molar refractivity (Wildman–Crippen MR) is 97.8 cm³/mol. The quantitative estimate of drug-likeness (QED) is 0.783. The van der Waals surface area contributed by atoms with Gasteiger partial charge in [0.05, 0.1) is 17.8 Å². The number of rotatable bonds is 3. The average molecular weight is 356 g/mol. The summed E-state index contributed by atoms with van der Waals surface area (Å²) < 4.78 is 37.6. The summed E-state index contributed by atoms with van der Waals surface area (Å²) in [6, 6.07) is 10.8. The Morgan fingerprint density at radius 1 is 0.962 bits per heavy atom. The van der Waals surface area contributed by atoms with Crippen molar-refractivity contribution >= 4 is 12.6 Å². The summed E-state index contributed by atoms with van der Waals surface area (Å²) in [5.41, 5.74) is 1.00. The third-order valence-electron chi connectivity index (χ3n) is 5.39. The van der Waals surface area contributed by atoms with Crippen LogP contribution in [0.15, 0.2) is 36.4 Å². The topological polar surface area (TPSA) is 36.9 Å². The lowest BCUT2D eigenvalue weighted by molar-refractivity contribution is 0.00578. The Labute approximate surface area is 153 Å². The number of benzene rings is 2. The van der Waals surface area contributed by atoms with Crippen LogP contribution in [0.4, 0.5) is 4.39 Å². The van der Waals surface area contributed by atoms with Crippen LogP contribution in [0, 0.1) is 5.82 Å². The Morgan fingerprint density at radius 3 is 2.27 bits per heavy atom. The molecule has 0 amide bonds. The summed E-state index contributed by atoms with van der Waals surface area (Å²) >= 11 is 0. The highest BCUT2D eigenvalue weighted by Gasteiger charge is 2.51. The second kappa shape index (κ2) is 6.00. The van der Waals surface area contributed by atoms with Crippen molar-refractivity contribution in [3.63, 3.8) is 0 Å². The van der Waals surface area contributed by atoms with Crippen LogP contribution in [-0.2, 0) is 15.7 Å². The Hall–Kier alpha value is -2.05. The second-order valence-corrected chi connectivity index (χ2v) is 7.72. The number of hydrogen-bond donors (Lipinski definition) is 0. The first-order valence-corrected chi connectivity index (χ1v) is 8.84. The molecule has 2 aromatic carbocycles. The van der Waals surface area contributed by atoms with E-state index in [9.17, 15) is 4.39 Å². The van der Waals surface area contributed by atoms with Crippen LogP contribution in [0.2, 0.25) is 0 Å². The standard InChI is InChI=1S/C20H22BFO4/c1-19(2)20(3,4)26-21(25-19)14-6-8-15(9-7-14)24-16-10-5-13-11-12-23-18(13)17(16)22/h5-10H,11-12H2,1-4H3. The van der Waals surface area contributed by atoms with Crippen molar-refractivity contribution in [2.45, 2.75) is 45.3 Å². The average Bonchev–Trinajstić information content (AvgIpc) is 3.14. The van der Waals surface area contributed by atoms with Crippen molar-refractivity contribution in [1.82, 2.24) is 0 Å². The van der Waals surface area contributed by atoms with Crippen LogP contribution >= 0.6 is 0 Å². The minimum atomic E-state index is -0.449. The molecule has 0 spiro atoms. The maximum absolute atomic E-state index is 14.5. The van der Waals surface area contributed by atoms with Gasteiger partial charge in [0.25, 0.3) is 0 Å². The van der Waals surface area contributed by atoms with Crippen molar-refractivity contribution in [3.05, 3.63) is 47.8 Å². The number of halogens is 1. The maximum Gasteiger partial charge on any atom is 0.494 e. The summed E-state index contributed by atoms with van der Waals surface area (Å²) in [6.07, 6.45) is 0.731. The van der Waals surface area contributed by atoms with Crippen LogP contribution < -0.4 is 14.9 Å². The molecule has 6 heteroatoms. The molecular formula is C20H22BFO4. The molecule has 4 rings (SSSR count). The monoisotopic (exact) mass is 356 g/mol. The molecular weight excluding hydrogens is 334 g/mol. The first-order valence-electron chi connectivity index (χ1n) is 8.84. The predicted octanol–water partition coefficient (Wildman–Crippen LogP) is 3.85. The van der Waals surface area contributed by atoms with E-state index in [1.807, 2.05) is 45.9 Å².